The Kier molecular flexibility index (Phi) is 5.47. The summed E-state index contributed by atoms with van der Waals surface area (Å²) in [7, 11) is 0. The molecule has 108 valence electrons. The zero-order chi connectivity index (χ0) is 14.6. The average Bonchev–Trinajstić information content (AvgIpc) is 2.37. The third kappa shape index (κ3) is 4.02. The van der Waals surface area contributed by atoms with E-state index in [1.54, 1.807) is 25.7 Å². The van der Waals surface area contributed by atoms with Gasteiger partial charge < -0.3 is 10.2 Å². The molecule has 6 heteroatoms. The minimum Gasteiger partial charge on any atom is -0.344 e. The maximum absolute atomic E-state index is 12.3. The summed E-state index contributed by atoms with van der Waals surface area (Å²) in [5.41, 5.74) is 3.42. The molecule has 2 atom stereocenters. The first-order valence-corrected chi connectivity index (χ1v) is 6.81. The molecule has 0 aromatic carbocycles. The van der Waals surface area contributed by atoms with Crippen molar-refractivity contribution in [2.75, 3.05) is 6.54 Å². The summed E-state index contributed by atoms with van der Waals surface area (Å²) in [5, 5.41) is 2.67. The van der Waals surface area contributed by atoms with Gasteiger partial charge in [0.15, 0.2) is 0 Å². The molecule has 1 rings (SSSR count). The number of carbonyl (C=O) groups is 3. The van der Waals surface area contributed by atoms with Crippen LogP contribution in [0.5, 0.6) is 0 Å². The molecule has 0 bridgehead atoms. The van der Waals surface area contributed by atoms with Crippen LogP contribution in [0.4, 0.5) is 0 Å². The first-order chi connectivity index (χ1) is 8.84. The zero-order valence-corrected chi connectivity index (χ0v) is 11.9. The summed E-state index contributed by atoms with van der Waals surface area (Å²) >= 11 is 0. The van der Waals surface area contributed by atoms with E-state index in [-0.39, 0.29) is 23.6 Å². The van der Waals surface area contributed by atoms with Gasteiger partial charge in [-0.1, -0.05) is 13.8 Å². The minimum absolute atomic E-state index is 0.157. The zero-order valence-electron chi connectivity index (χ0n) is 11.9. The highest BCUT2D eigenvalue weighted by atomic mass is 16.2. The van der Waals surface area contributed by atoms with Crippen molar-refractivity contribution in [3.8, 4) is 0 Å². The molecule has 6 nitrogen and oxygen atoms in total. The Morgan fingerprint density at radius 2 is 1.84 bits per heavy atom. The highest BCUT2D eigenvalue weighted by Crippen LogP contribution is 2.17. The van der Waals surface area contributed by atoms with Crippen LogP contribution in [0, 0.1) is 5.92 Å². The van der Waals surface area contributed by atoms with E-state index in [0.29, 0.717) is 13.0 Å². The summed E-state index contributed by atoms with van der Waals surface area (Å²) in [4.78, 5) is 36.9. The molecule has 1 heterocycles. The van der Waals surface area contributed by atoms with Crippen LogP contribution in [0.15, 0.2) is 0 Å². The number of piperidine rings is 1. The first-order valence-electron chi connectivity index (χ1n) is 6.81. The van der Waals surface area contributed by atoms with E-state index in [4.69, 9.17) is 0 Å². The quantitative estimate of drug-likeness (QED) is 0.707. The molecule has 0 radical (unpaired) electrons. The molecule has 0 spiro atoms. The van der Waals surface area contributed by atoms with Gasteiger partial charge in [0.05, 0.1) is 0 Å². The highest BCUT2D eigenvalue weighted by Gasteiger charge is 2.35. The number of hydrogen-bond acceptors (Lipinski definition) is 3. The Morgan fingerprint density at radius 3 is 2.37 bits per heavy atom. The van der Waals surface area contributed by atoms with Gasteiger partial charge in [0, 0.05) is 12.5 Å². The van der Waals surface area contributed by atoms with Gasteiger partial charge in [-0.05, 0) is 26.2 Å². The molecule has 3 amide bonds. The number of likely N-dealkylation sites (tertiary alicyclic amines) is 1. The van der Waals surface area contributed by atoms with Crippen LogP contribution in [0.3, 0.4) is 0 Å². The number of quaternary nitrogens is 1. The minimum atomic E-state index is -0.602. The summed E-state index contributed by atoms with van der Waals surface area (Å²) in [6, 6.07) is -1.03. The lowest BCUT2D eigenvalue weighted by Crippen LogP contribution is -2.68. The third-order valence-corrected chi connectivity index (χ3v) is 3.41. The molecule has 0 aliphatic carbocycles. The maximum Gasteiger partial charge on any atom is 0.331 e. The largest absolute Gasteiger partial charge is 0.344 e. The predicted octanol–water partition coefficient (Wildman–Crippen LogP) is -0.703. The van der Waals surface area contributed by atoms with E-state index < -0.39 is 12.1 Å². The van der Waals surface area contributed by atoms with E-state index in [2.05, 4.69) is 11.1 Å². The van der Waals surface area contributed by atoms with Crippen molar-refractivity contribution in [2.45, 2.75) is 52.1 Å². The summed E-state index contributed by atoms with van der Waals surface area (Å²) in [6.45, 7) is 5.76. The van der Waals surface area contributed by atoms with E-state index >= 15 is 0 Å². The van der Waals surface area contributed by atoms with Crippen LogP contribution in [-0.4, -0.2) is 41.2 Å². The molecule has 1 saturated heterocycles. The molecule has 4 N–H and O–H groups in total. The van der Waals surface area contributed by atoms with Crippen LogP contribution in [0.25, 0.3) is 0 Å². The number of amides is 3. The molecule has 0 aromatic heterocycles. The van der Waals surface area contributed by atoms with Gasteiger partial charge in [0.25, 0.3) is 0 Å². The van der Waals surface area contributed by atoms with E-state index in [1.807, 2.05) is 0 Å². The molecule has 19 heavy (non-hydrogen) atoms. The second-order valence-electron chi connectivity index (χ2n) is 5.39. The van der Waals surface area contributed by atoms with Gasteiger partial charge in [0.1, 0.15) is 12.1 Å². The Hall–Kier alpha value is -1.43. The molecule has 1 aliphatic rings. The highest BCUT2D eigenvalue weighted by molar-refractivity contribution is 5.90. The molecule has 1 aliphatic heterocycles. The van der Waals surface area contributed by atoms with Crippen molar-refractivity contribution in [3.63, 3.8) is 0 Å². The predicted molar refractivity (Wildman–Crippen MR) is 69.7 cm³/mol. The number of hydrogen-bond donors (Lipinski definition) is 2. The van der Waals surface area contributed by atoms with E-state index in [0.717, 1.165) is 12.8 Å². The second-order valence-corrected chi connectivity index (χ2v) is 5.39. The van der Waals surface area contributed by atoms with Crippen molar-refractivity contribution < 1.29 is 20.1 Å². The smallest absolute Gasteiger partial charge is 0.331 e. The van der Waals surface area contributed by atoms with Gasteiger partial charge in [-0.3, -0.25) is 15.3 Å². The van der Waals surface area contributed by atoms with Crippen molar-refractivity contribution in [1.29, 1.82) is 0 Å². The first kappa shape index (κ1) is 15.6. The number of rotatable bonds is 4. The van der Waals surface area contributed by atoms with Crippen LogP contribution < -0.4 is 11.1 Å². The lowest BCUT2D eigenvalue weighted by Gasteiger charge is -2.34. The summed E-state index contributed by atoms with van der Waals surface area (Å²) in [5.74, 6) is -0.747. The molecule has 0 saturated carbocycles. The molecule has 1 fully saturated rings. The van der Waals surface area contributed by atoms with Crippen molar-refractivity contribution in [1.82, 2.24) is 10.2 Å². The second kappa shape index (κ2) is 6.65. The fraction of sp³-hybridized carbons (Fsp3) is 0.769. The Balaban J connectivity index is 2.68. The third-order valence-electron chi connectivity index (χ3n) is 3.41. The van der Waals surface area contributed by atoms with Gasteiger partial charge in [-0.25, -0.2) is 4.79 Å². The number of nitrogens with zero attached hydrogens (tertiary/aromatic N) is 1. The van der Waals surface area contributed by atoms with Crippen LogP contribution in [-0.2, 0) is 14.4 Å². The van der Waals surface area contributed by atoms with Crippen LogP contribution in [0.2, 0.25) is 0 Å². The van der Waals surface area contributed by atoms with Crippen molar-refractivity contribution >= 4 is 17.7 Å². The molecule has 0 aromatic rings. The Labute approximate surface area is 113 Å². The number of nitrogens with one attached hydrogen (secondary N) is 1. The molecular formula is C13H24N3O3+. The van der Waals surface area contributed by atoms with Gasteiger partial charge in [-0.2, -0.15) is 0 Å². The van der Waals surface area contributed by atoms with Crippen molar-refractivity contribution in [2.24, 2.45) is 5.92 Å². The van der Waals surface area contributed by atoms with Gasteiger partial charge >= 0.3 is 5.91 Å². The van der Waals surface area contributed by atoms with Crippen molar-refractivity contribution in [3.05, 3.63) is 0 Å². The van der Waals surface area contributed by atoms with E-state index in [1.165, 1.54) is 0 Å². The Bertz CT molecular complexity index is 368. The van der Waals surface area contributed by atoms with Gasteiger partial charge in [0.2, 0.25) is 11.8 Å². The van der Waals surface area contributed by atoms with Gasteiger partial charge in [-0.15, -0.1) is 0 Å². The normalized spacial score (nSPS) is 21.1. The van der Waals surface area contributed by atoms with Crippen LogP contribution in [0.1, 0.15) is 40.0 Å². The number of carbonyl (C=O) groups excluding carboxylic acids is 3. The summed E-state index contributed by atoms with van der Waals surface area (Å²) < 4.78 is 0. The molecular weight excluding hydrogens is 246 g/mol. The topological polar surface area (TPSA) is 94.1 Å². The standard InChI is InChI=1S/C13H23N3O3/c1-8(2)12(18)15-9(3)13(19)16-7-5-4-6-10(16)11(14)17/h8-10H,4-7H2,1-3H3,(H2,14,17)(H,15,18)/p+1. The lowest BCUT2D eigenvalue weighted by atomic mass is 10.0. The summed E-state index contributed by atoms with van der Waals surface area (Å²) in [6.07, 6.45) is 2.49. The maximum atomic E-state index is 12.3. The average molecular weight is 270 g/mol. The fourth-order valence-electron chi connectivity index (χ4n) is 2.22. The van der Waals surface area contributed by atoms with Crippen LogP contribution >= 0.6 is 0 Å². The monoisotopic (exact) mass is 270 g/mol. The van der Waals surface area contributed by atoms with E-state index in [9.17, 15) is 14.4 Å². The SMILES string of the molecule is CC(C)C(=O)NC(C)C(=O)N1CCCCC1C([NH3+])=O. The Morgan fingerprint density at radius 1 is 1.21 bits per heavy atom. The molecule has 2 unspecified atom stereocenters. The lowest BCUT2D eigenvalue weighted by molar-refractivity contribution is -0.312. The fourth-order valence-corrected chi connectivity index (χ4v) is 2.22.